The quantitative estimate of drug-likeness (QED) is 0.387. The molecule has 0 saturated carbocycles. The van der Waals surface area contributed by atoms with Gasteiger partial charge in [0.25, 0.3) is 5.69 Å². The molecule has 2 aliphatic heterocycles. The summed E-state index contributed by atoms with van der Waals surface area (Å²) in [6.07, 6.45) is 3.75. The van der Waals surface area contributed by atoms with Crippen molar-refractivity contribution in [3.8, 4) is 0 Å². The van der Waals surface area contributed by atoms with Crippen LogP contribution < -0.4 is 5.32 Å². The maximum absolute atomic E-state index is 12.1. The Bertz CT molecular complexity index is 760. The van der Waals surface area contributed by atoms with Crippen molar-refractivity contribution < 1.29 is 14.5 Å². The predicted octanol–water partition coefficient (Wildman–Crippen LogP) is 2.49. The van der Waals surface area contributed by atoms with Crippen LogP contribution in [0.4, 0.5) is 5.69 Å². The summed E-state index contributed by atoms with van der Waals surface area (Å²) in [6.45, 7) is 0.174. The molecule has 2 heterocycles. The first-order valence-corrected chi connectivity index (χ1v) is 9.11. The summed E-state index contributed by atoms with van der Waals surface area (Å²) < 4.78 is 5.10. The van der Waals surface area contributed by atoms with E-state index in [4.69, 9.17) is 4.74 Å². The van der Waals surface area contributed by atoms with Gasteiger partial charge in [-0.3, -0.25) is 10.1 Å². The number of rotatable bonds is 3. The van der Waals surface area contributed by atoms with Crippen LogP contribution in [0.1, 0.15) is 11.6 Å². The monoisotopic (exact) mass is 351 g/mol. The van der Waals surface area contributed by atoms with Gasteiger partial charge in [0, 0.05) is 22.6 Å². The SMILES string of the molecule is CSC1=NC(c2cc([N+](=O)[O-])ccc2SC)C2=C(COC2=O)N1. The van der Waals surface area contributed by atoms with Gasteiger partial charge in [-0.2, -0.15) is 0 Å². The van der Waals surface area contributed by atoms with E-state index in [-0.39, 0.29) is 12.3 Å². The summed E-state index contributed by atoms with van der Waals surface area (Å²) >= 11 is 2.88. The van der Waals surface area contributed by atoms with Gasteiger partial charge in [0.2, 0.25) is 0 Å². The summed E-state index contributed by atoms with van der Waals surface area (Å²) in [5.74, 6) is -0.431. The van der Waals surface area contributed by atoms with Gasteiger partial charge < -0.3 is 10.1 Å². The molecular formula is C14H13N3O4S2. The van der Waals surface area contributed by atoms with Crippen molar-refractivity contribution in [2.24, 2.45) is 4.99 Å². The molecule has 120 valence electrons. The van der Waals surface area contributed by atoms with Crippen molar-refractivity contribution in [2.45, 2.75) is 10.9 Å². The van der Waals surface area contributed by atoms with Crippen molar-refractivity contribution in [1.82, 2.24) is 5.32 Å². The molecule has 0 bridgehead atoms. The number of nitro groups is 1. The van der Waals surface area contributed by atoms with Gasteiger partial charge in [0.15, 0.2) is 5.17 Å². The fraction of sp³-hybridized carbons (Fsp3) is 0.286. The number of hydrogen-bond donors (Lipinski definition) is 1. The van der Waals surface area contributed by atoms with Crippen molar-refractivity contribution in [3.63, 3.8) is 0 Å². The highest BCUT2D eigenvalue weighted by Gasteiger charge is 2.37. The molecule has 0 saturated heterocycles. The number of cyclic esters (lactones) is 1. The maximum Gasteiger partial charge on any atom is 0.338 e. The van der Waals surface area contributed by atoms with Crippen molar-refractivity contribution in [2.75, 3.05) is 19.1 Å². The topological polar surface area (TPSA) is 93.8 Å². The van der Waals surface area contributed by atoms with E-state index in [0.717, 1.165) is 4.90 Å². The molecule has 0 spiro atoms. The number of esters is 1. The normalized spacial score (nSPS) is 19.8. The first-order chi connectivity index (χ1) is 11.0. The second-order valence-electron chi connectivity index (χ2n) is 4.82. The second kappa shape index (κ2) is 6.25. The highest BCUT2D eigenvalue weighted by molar-refractivity contribution is 8.13. The number of benzene rings is 1. The number of nitro benzene ring substituents is 1. The molecule has 1 aromatic carbocycles. The number of aliphatic imine (C=N–C) groups is 1. The molecular weight excluding hydrogens is 338 g/mol. The molecule has 0 fully saturated rings. The van der Waals surface area contributed by atoms with Crippen LogP contribution in [0.15, 0.2) is 39.4 Å². The van der Waals surface area contributed by atoms with Gasteiger partial charge in [-0.1, -0.05) is 11.8 Å². The van der Waals surface area contributed by atoms with Crippen LogP contribution in [0.2, 0.25) is 0 Å². The molecule has 0 amide bonds. The Balaban J connectivity index is 2.16. The van der Waals surface area contributed by atoms with E-state index in [9.17, 15) is 14.9 Å². The Morgan fingerprint density at radius 1 is 1.39 bits per heavy atom. The largest absolute Gasteiger partial charge is 0.456 e. The second-order valence-corrected chi connectivity index (χ2v) is 6.46. The molecule has 1 N–H and O–H groups in total. The van der Waals surface area contributed by atoms with Crippen molar-refractivity contribution in [1.29, 1.82) is 0 Å². The average Bonchev–Trinajstić information content (AvgIpc) is 2.94. The Labute approximate surface area is 140 Å². The molecule has 1 atom stereocenters. The van der Waals surface area contributed by atoms with Crippen LogP contribution >= 0.6 is 23.5 Å². The number of amidine groups is 1. The minimum absolute atomic E-state index is 0.0225. The molecule has 0 aliphatic carbocycles. The molecule has 7 nitrogen and oxygen atoms in total. The predicted molar refractivity (Wildman–Crippen MR) is 89.7 cm³/mol. The Morgan fingerprint density at radius 3 is 2.83 bits per heavy atom. The average molecular weight is 351 g/mol. The Morgan fingerprint density at radius 2 is 2.17 bits per heavy atom. The minimum Gasteiger partial charge on any atom is -0.456 e. The van der Waals surface area contributed by atoms with E-state index in [1.165, 1.54) is 35.7 Å². The zero-order valence-electron chi connectivity index (χ0n) is 12.4. The van der Waals surface area contributed by atoms with Crippen LogP contribution in [0.5, 0.6) is 0 Å². The van der Waals surface area contributed by atoms with Gasteiger partial charge in [-0.05, 0) is 18.6 Å². The zero-order valence-corrected chi connectivity index (χ0v) is 14.0. The highest BCUT2D eigenvalue weighted by Crippen LogP contribution is 2.40. The molecule has 9 heteroatoms. The van der Waals surface area contributed by atoms with Gasteiger partial charge in [-0.25, -0.2) is 9.79 Å². The van der Waals surface area contributed by atoms with Gasteiger partial charge in [0.05, 0.1) is 16.2 Å². The Kier molecular flexibility index (Phi) is 4.31. The lowest BCUT2D eigenvalue weighted by Crippen LogP contribution is -2.28. The smallest absolute Gasteiger partial charge is 0.338 e. The molecule has 23 heavy (non-hydrogen) atoms. The lowest BCUT2D eigenvalue weighted by atomic mass is 9.97. The Hall–Kier alpha value is -2.00. The number of thioether (sulfide) groups is 2. The third-order valence-electron chi connectivity index (χ3n) is 3.58. The number of carbonyl (C=O) groups excluding carboxylic acids is 1. The van der Waals surface area contributed by atoms with Crippen LogP contribution in [0.3, 0.4) is 0 Å². The number of nitrogens with zero attached hydrogens (tertiary/aromatic N) is 2. The number of non-ortho nitro benzene ring substituents is 1. The molecule has 2 aliphatic rings. The number of ether oxygens (including phenoxy) is 1. The van der Waals surface area contributed by atoms with Crippen molar-refractivity contribution >= 4 is 40.3 Å². The lowest BCUT2D eigenvalue weighted by molar-refractivity contribution is -0.385. The lowest BCUT2D eigenvalue weighted by Gasteiger charge is -2.22. The molecule has 0 radical (unpaired) electrons. The van der Waals surface area contributed by atoms with E-state index in [2.05, 4.69) is 10.3 Å². The van der Waals surface area contributed by atoms with Gasteiger partial charge in [0.1, 0.15) is 12.6 Å². The van der Waals surface area contributed by atoms with E-state index in [0.29, 0.717) is 22.0 Å². The third kappa shape index (κ3) is 2.81. The molecule has 0 aromatic heterocycles. The van der Waals surface area contributed by atoms with Crippen molar-refractivity contribution in [3.05, 3.63) is 45.1 Å². The number of nitrogens with one attached hydrogen (secondary N) is 1. The fourth-order valence-corrected chi connectivity index (χ4v) is 3.56. The van der Waals surface area contributed by atoms with Crippen LogP contribution in [-0.4, -0.2) is 35.2 Å². The summed E-state index contributed by atoms with van der Waals surface area (Å²) in [5.41, 5.74) is 1.73. The summed E-state index contributed by atoms with van der Waals surface area (Å²) in [5, 5.41) is 14.8. The van der Waals surface area contributed by atoms with E-state index in [1.807, 2.05) is 12.5 Å². The standard InChI is InChI=1S/C14H13N3O4S2/c1-22-10-4-3-7(17(19)20)5-8(10)12-11-9(6-21-13(11)18)15-14(16-12)23-2/h3-5,12H,6H2,1-2H3,(H,15,16). The van der Waals surface area contributed by atoms with Crippen LogP contribution in [-0.2, 0) is 9.53 Å². The summed E-state index contributed by atoms with van der Waals surface area (Å²) in [7, 11) is 0. The number of carbonyl (C=O) groups is 1. The molecule has 3 rings (SSSR count). The van der Waals surface area contributed by atoms with E-state index >= 15 is 0 Å². The number of hydrogen-bond acceptors (Lipinski definition) is 8. The molecule has 1 unspecified atom stereocenters. The fourth-order valence-electron chi connectivity index (χ4n) is 2.52. The molecule has 1 aromatic rings. The summed E-state index contributed by atoms with van der Waals surface area (Å²) in [6, 6.07) is 4.04. The highest BCUT2D eigenvalue weighted by atomic mass is 32.2. The first kappa shape index (κ1) is 15.9. The third-order valence-corrected chi connectivity index (χ3v) is 4.99. The maximum atomic E-state index is 12.1. The summed E-state index contributed by atoms with van der Waals surface area (Å²) in [4.78, 5) is 28.1. The van der Waals surface area contributed by atoms with Gasteiger partial charge >= 0.3 is 5.97 Å². The van der Waals surface area contributed by atoms with E-state index in [1.54, 1.807) is 6.07 Å². The first-order valence-electron chi connectivity index (χ1n) is 6.66. The minimum atomic E-state index is -0.592. The van der Waals surface area contributed by atoms with E-state index < -0.39 is 16.9 Å². The van der Waals surface area contributed by atoms with Gasteiger partial charge in [-0.15, -0.1) is 11.8 Å². The van der Waals surface area contributed by atoms with Crippen LogP contribution in [0.25, 0.3) is 0 Å². The van der Waals surface area contributed by atoms with Crippen LogP contribution in [0, 0.1) is 10.1 Å². The zero-order chi connectivity index (χ0) is 16.6.